The van der Waals surface area contributed by atoms with Gasteiger partial charge in [0.25, 0.3) is 5.91 Å². The SMILES string of the molecule is CS(=O)(=O)Nc1ccc(OCC(=O)N2CCC(Cc3ccc(Cl)cc3)CC2)cc1. The summed E-state index contributed by atoms with van der Waals surface area (Å²) in [4.78, 5) is 14.3. The van der Waals surface area contributed by atoms with Crippen molar-refractivity contribution in [3.8, 4) is 5.75 Å². The molecule has 6 nitrogen and oxygen atoms in total. The average molecular weight is 437 g/mol. The minimum Gasteiger partial charge on any atom is -0.484 e. The third-order valence-electron chi connectivity index (χ3n) is 4.92. The third-order valence-corrected chi connectivity index (χ3v) is 5.78. The number of anilines is 1. The fraction of sp³-hybridized carbons (Fsp3) is 0.381. The molecule has 0 unspecified atom stereocenters. The van der Waals surface area contributed by atoms with Gasteiger partial charge in [0.05, 0.1) is 6.26 Å². The Balaban J connectivity index is 1.42. The lowest BCUT2D eigenvalue weighted by molar-refractivity contribution is -0.134. The Labute approximate surface area is 176 Å². The van der Waals surface area contributed by atoms with E-state index in [9.17, 15) is 13.2 Å². The predicted octanol–water partition coefficient (Wildman–Crippen LogP) is 3.57. The molecule has 2 aromatic carbocycles. The third kappa shape index (κ3) is 6.94. The molecule has 1 N–H and O–H groups in total. The van der Waals surface area contributed by atoms with Crippen molar-refractivity contribution in [2.24, 2.45) is 5.92 Å². The van der Waals surface area contributed by atoms with Crippen LogP contribution in [0.2, 0.25) is 5.02 Å². The standard InChI is InChI=1S/C21H25ClN2O4S/c1-29(26,27)23-19-6-8-20(9-7-19)28-15-21(25)24-12-10-17(11-13-24)14-16-2-4-18(22)5-3-16/h2-9,17,23H,10-15H2,1H3. The fourth-order valence-electron chi connectivity index (χ4n) is 3.41. The zero-order valence-corrected chi connectivity index (χ0v) is 17.9. The first-order valence-corrected chi connectivity index (χ1v) is 11.8. The smallest absolute Gasteiger partial charge is 0.260 e. The van der Waals surface area contributed by atoms with Gasteiger partial charge in [0.1, 0.15) is 5.75 Å². The Morgan fingerprint density at radius 2 is 1.72 bits per heavy atom. The van der Waals surface area contributed by atoms with Crippen LogP contribution in [0.1, 0.15) is 18.4 Å². The fourth-order valence-corrected chi connectivity index (χ4v) is 4.10. The van der Waals surface area contributed by atoms with Gasteiger partial charge in [0.15, 0.2) is 6.61 Å². The maximum absolute atomic E-state index is 12.4. The van der Waals surface area contributed by atoms with Crippen molar-refractivity contribution in [1.29, 1.82) is 0 Å². The maximum Gasteiger partial charge on any atom is 0.260 e. The molecule has 0 aliphatic carbocycles. The number of rotatable bonds is 7. The molecule has 1 heterocycles. The Bertz CT molecular complexity index is 922. The summed E-state index contributed by atoms with van der Waals surface area (Å²) in [6.07, 6.45) is 4.04. The van der Waals surface area contributed by atoms with Crippen LogP contribution in [0.25, 0.3) is 0 Å². The van der Waals surface area contributed by atoms with Crippen molar-refractivity contribution in [2.75, 3.05) is 30.7 Å². The largest absolute Gasteiger partial charge is 0.484 e. The summed E-state index contributed by atoms with van der Waals surface area (Å²) in [6.45, 7) is 1.44. The summed E-state index contributed by atoms with van der Waals surface area (Å²) >= 11 is 5.93. The lowest BCUT2D eigenvalue weighted by atomic mass is 9.90. The number of hydrogen-bond acceptors (Lipinski definition) is 4. The van der Waals surface area contributed by atoms with E-state index in [1.165, 1.54) is 5.56 Å². The summed E-state index contributed by atoms with van der Waals surface area (Å²) in [7, 11) is -3.31. The molecule has 0 saturated carbocycles. The van der Waals surface area contributed by atoms with E-state index < -0.39 is 10.0 Å². The number of sulfonamides is 1. The van der Waals surface area contributed by atoms with Crippen LogP contribution in [0.5, 0.6) is 5.75 Å². The van der Waals surface area contributed by atoms with E-state index in [0.29, 0.717) is 17.4 Å². The summed E-state index contributed by atoms with van der Waals surface area (Å²) < 4.78 is 30.4. The molecule has 0 aromatic heterocycles. The van der Waals surface area contributed by atoms with Crippen molar-refractivity contribution in [3.63, 3.8) is 0 Å². The number of benzene rings is 2. The highest BCUT2D eigenvalue weighted by Gasteiger charge is 2.23. The molecule has 0 radical (unpaired) electrons. The normalized spacial score (nSPS) is 15.2. The molecule has 8 heteroatoms. The van der Waals surface area contributed by atoms with Crippen LogP contribution in [-0.4, -0.2) is 45.2 Å². The Kier molecular flexibility index (Phi) is 7.03. The quantitative estimate of drug-likeness (QED) is 0.719. The van der Waals surface area contributed by atoms with Gasteiger partial charge < -0.3 is 9.64 Å². The van der Waals surface area contributed by atoms with Gasteiger partial charge in [0, 0.05) is 23.8 Å². The Morgan fingerprint density at radius 3 is 2.31 bits per heavy atom. The average Bonchev–Trinajstić information content (AvgIpc) is 2.68. The lowest BCUT2D eigenvalue weighted by Crippen LogP contribution is -2.41. The number of carbonyl (C=O) groups is 1. The first-order valence-electron chi connectivity index (χ1n) is 9.51. The number of halogens is 1. The van der Waals surface area contributed by atoms with Crippen LogP contribution in [0, 0.1) is 5.92 Å². The molecule has 156 valence electrons. The summed E-state index contributed by atoms with van der Waals surface area (Å²) in [6, 6.07) is 14.4. The number of likely N-dealkylation sites (tertiary alicyclic amines) is 1. The molecule has 1 fully saturated rings. The minimum atomic E-state index is -3.31. The van der Waals surface area contributed by atoms with Gasteiger partial charge in [-0.25, -0.2) is 8.42 Å². The van der Waals surface area contributed by atoms with Crippen molar-refractivity contribution >= 4 is 33.2 Å². The maximum atomic E-state index is 12.4. The number of ether oxygens (including phenoxy) is 1. The zero-order chi connectivity index (χ0) is 20.9. The van der Waals surface area contributed by atoms with Gasteiger partial charge >= 0.3 is 0 Å². The monoisotopic (exact) mass is 436 g/mol. The molecule has 0 atom stereocenters. The first kappa shape index (κ1) is 21.5. The summed E-state index contributed by atoms with van der Waals surface area (Å²) in [5, 5.41) is 0.746. The van der Waals surface area contributed by atoms with E-state index in [4.69, 9.17) is 16.3 Å². The van der Waals surface area contributed by atoms with Crippen LogP contribution in [0.4, 0.5) is 5.69 Å². The molecular formula is C21H25ClN2O4S. The van der Waals surface area contributed by atoms with E-state index in [1.807, 2.05) is 17.0 Å². The second-order valence-electron chi connectivity index (χ2n) is 7.34. The second-order valence-corrected chi connectivity index (χ2v) is 9.53. The Morgan fingerprint density at radius 1 is 1.10 bits per heavy atom. The zero-order valence-electron chi connectivity index (χ0n) is 16.3. The van der Waals surface area contributed by atoms with Crippen molar-refractivity contribution in [2.45, 2.75) is 19.3 Å². The second kappa shape index (κ2) is 9.50. The molecule has 2 aromatic rings. The number of piperidine rings is 1. The minimum absolute atomic E-state index is 0.0271. The highest BCUT2D eigenvalue weighted by Crippen LogP contribution is 2.23. The van der Waals surface area contributed by atoms with Gasteiger partial charge in [-0.2, -0.15) is 0 Å². The number of carbonyl (C=O) groups excluding carboxylic acids is 1. The van der Waals surface area contributed by atoms with Gasteiger partial charge in [0.2, 0.25) is 10.0 Å². The van der Waals surface area contributed by atoms with Crippen molar-refractivity contribution in [3.05, 3.63) is 59.1 Å². The molecule has 1 saturated heterocycles. The summed E-state index contributed by atoms with van der Waals surface area (Å²) in [5.41, 5.74) is 1.73. The molecule has 1 amide bonds. The molecule has 3 rings (SSSR count). The van der Waals surface area contributed by atoms with Crippen molar-refractivity contribution in [1.82, 2.24) is 4.90 Å². The first-order chi connectivity index (χ1) is 13.8. The Hall–Kier alpha value is -2.25. The highest BCUT2D eigenvalue weighted by molar-refractivity contribution is 7.92. The molecule has 1 aliphatic rings. The highest BCUT2D eigenvalue weighted by atomic mass is 35.5. The lowest BCUT2D eigenvalue weighted by Gasteiger charge is -2.32. The van der Waals surface area contributed by atoms with Crippen LogP contribution in [-0.2, 0) is 21.2 Å². The number of nitrogens with one attached hydrogen (secondary N) is 1. The van der Waals surface area contributed by atoms with Crippen LogP contribution in [0.15, 0.2) is 48.5 Å². The van der Waals surface area contributed by atoms with Crippen LogP contribution < -0.4 is 9.46 Å². The van der Waals surface area contributed by atoms with E-state index in [2.05, 4.69) is 16.9 Å². The van der Waals surface area contributed by atoms with Gasteiger partial charge in [-0.15, -0.1) is 0 Å². The van der Waals surface area contributed by atoms with Crippen LogP contribution >= 0.6 is 11.6 Å². The van der Waals surface area contributed by atoms with Gasteiger partial charge in [-0.1, -0.05) is 23.7 Å². The van der Waals surface area contributed by atoms with Crippen molar-refractivity contribution < 1.29 is 17.9 Å². The number of hydrogen-bond donors (Lipinski definition) is 1. The summed E-state index contributed by atoms with van der Waals surface area (Å²) in [5.74, 6) is 1.05. The van der Waals surface area contributed by atoms with E-state index in [0.717, 1.165) is 43.6 Å². The molecule has 0 spiro atoms. The predicted molar refractivity (Wildman–Crippen MR) is 115 cm³/mol. The van der Waals surface area contributed by atoms with Gasteiger partial charge in [-0.3, -0.25) is 9.52 Å². The van der Waals surface area contributed by atoms with E-state index >= 15 is 0 Å². The molecular weight excluding hydrogens is 412 g/mol. The topological polar surface area (TPSA) is 75.7 Å². The molecule has 1 aliphatic heterocycles. The van der Waals surface area contributed by atoms with E-state index in [1.54, 1.807) is 24.3 Å². The van der Waals surface area contributed by atoms with Crippen LogP contribution in [0.3, 0.4) is 0 Å². The number of amides is 1. The van der Waals surface area contributed by atoms with Gasteiger partial charge in [-0.05, 0) is 67.1 Å². The van der Waals surface area contributed by atoms with E-state index in [-0.39, 0.29) is 12.5 Å². The molecule has 29 heavy (non-hydrogen) atoms. The molecule has 0 bridgehead atoms. The number of nitrogens with zero attached hydrogens (tertiary/aromatic N) is 1.